The van der Waals surface area contributed by atoms with Crippen LogP contribution in [-0.2, 0) is 16.0 Å². The fraction of sp³-hybridized carbons (Fsp3) is 0.364. The molecule has 1 rings (SSSR count). The van der Waals surface area contributed by atoms with E-state index in [1.165, 1.54) is 11.1 Å². The Hall–Kier alpha value is -2.15. The van der Waals surface area contributed by atoms with Crippen molar-refractivity contribution in [1.29, 1.82) is 0 Å². The van der Waals surface area contributed by atoms with E-state index in [0.717, 1.165) is 5.56 Å². The number of amides is 2. The molecule has 0 unspecified atom stereocenters. The van der Waals surface area contributed by atoms with E-state index in [1.54, 1.807) is 12.1 Å². The second kappa shape index (κ2) is 6.55. The van der Waals surface area contributed by atoms with Gasteiger partial charge < -0.3 is 22.1 Å². The smallest absolute Gasteiger partial charge is 0.237 e. The number of anilines is 1. The number of carbonyl (C=O) groups excluding carboxylic acids is 2. The van der Waals surface area contributed by atoms with Gasteiger partial charge in [-0.2, -0.15) is 0 Å². The molecule has 1 aromatic heterocycles. The summed E-state index contributed by atoms with van der Waals surface area (Å²) in [5.41, 5.74) is 16.6. The van der Waals surface area contributed by atoms with Gasteiger partial charge in [-0.3, -0.25) is 9.59 Å². The molecule has 0 saturated heterocycles. The number of aromatic nitrogens is 1. The number of nitrogens with zero attached hydrogens (tertiary/aromatic N) is 2. The Bertz CT molecular complexity index is 418. The van der Waals surface area contributed by atoms with Gasteiger partial charge in [-0.05, 0) is 11.6 Å². The lowest BCUT2D eigenvalue weighted by atomic mass is 10.2. The molecule has 0 aliphatic heterocycles. The Morgan fingerprint density at radius 1 is 1.33 bits per heavy atom. The Kier molecular flexibility index (Phi) is 5.06. The fourth-order valence-electron chi connectivity index (χ4n) is 1.46. The first-order chi connectivity index (χ1) is 8.52. The standard InChI is InChI=1S/C11H17N5O2/c12-3-4-16(7-10(14)17)11(18)5-8-1-2-9(13)15-6-8/h1-2,6H,3-5,7,12H2,(H2,13,15)(H2,14,17). The average molecular weight is 251 g/mol. The highest BCUT2D eigenvalue weighted by atomic mass is 16.2. The molecule has 0 spiro atoms. The SMILES string of the molecule is NCCN(CC(N)=O)C(=O)Cc1ccc(N)nc1. The van der Waals surface area contributed by atoms with Crippen LogP contribution in [0.25, 0.3) is 0 Å². The zero-order valence-corrected chi connectivity index (χ0v) is 10.0. The van der Waals surface area contributed by atoms with Crippen LogP contribution in [0.5, 0.6) is 0 Å². The maximum atomic E-state index is 11.9. The molecule has 0 saturated carbocycles. The molecule has 0 radical (unpaired) electrons. The molecule has 0 bridgehead atoms. The van der Waals surface area contributed by atoms with Crippen LogP contribution in [0.15, 0.2) is 18.3 Å². The van der Waals surface area contributed by atoms with E-state index in [4.69, 9.17) is 17.2 Å². The highest BCUT2D eigenvalue weighted by Crippen LogP contribution is 2.04. The summed E-state index contributed by atoms with van der Waals surface area (Å²) in [6.07, 6.45) is 1.67. The number of rotatable bonds is 6. The van der Waals surface area contributed by atoms with Gasteiger partial charge in [0.25, 0.3) is 0 Å². The van der Waals surface area contributed by atoms with Gasteiger partial charge in [0.05, 0.1) is 13.0 Å². The maximum Gasteiger partial charge on any atom is 0.237 e. The summed E-state index contributed by atoms with van der Waals surface area (Å²) in [6.45, 7) is 0.446. The number of primary amides is 1. The summed E-state index contributed by atoms with van der Waals surface area (Å²) in [5, 5.41) is 0. The van der Waals surface area contributed by atoms with Crippen molar-refractivity contribution in [1.82, 2.24) is 9.88 Å². The number of nitrogens with two attached hydrogens (primary N) is 3. The molecule has 2 amide bonds. The van der Waals surface area contributed by atoms with E-state index in [9.17, 15) is 9.59 Å². The molecular weight excluding hydrogens is 234 g/mol. The molecule has 1 heterocycles. The minimum absolute atomic E-state index is 0.127. The zero-order chi connectivity index (χ0) is 13.5. The van der Waals surface area contributed by atoms with Crippen LogP contribution in [0.3, 0.4) is 0 Å². The lowest BCUT2D eigenvalue weighted by Crippen LogP contribution is -2.42. The van der Waals surface area contributed by atoms with Gasteiger partial charge in [-0.1, -0.05) is 6.07 Å². The highest BCUT2D eigenvalue weighted by Gasteiger charge is 2.15. The van der Waals surface area contributed by atoms with Gasteiger partial charge in [0.15, 0.2) is 0 Å². The van der Waals surface area contributed by atoms with E-state index < -0.39 is 5.91 Å². The molecule has 0 fully saturated rings. The molecule has 7 heteroatoms. The molecule has 1 aromatic rings. The first kappa shape index (κ1) is 13.9. The van der Waals surface area contributed by atoms with Gasteiger partial charge in [-0.25, -0.2) is 4.98 Å². The van der Waals surface area contributed by atoms with E-state index in [0.29, 0.717) is 12.4 Å². The van der Waals surface area contributed by atoms with Crippen LogP contribution in [0.1, 0.15) is 5.56 Å². The van der Waals surface area contributed by atoms with Gasteiger partial charge in [0.2, 0.25) is 11.8 Å². The molecular formula is C11H17N5O2. The van der Waals surface area contributed by atoms with Crippen molar-refractivity contribution in [2.45, 2.75) is 6.42 Å². The Balaban J connectivity index is 2.65. The third-order valence-corrected chi connectivity index (χ3v) is 2.30. The quantitative estimate of drug-likeness (QED) is 0.565. The van der Waals surface area contributed by atoms with E-state index >= 15 is 0 Å². The Morgan fingerprint density at radius 2 is 2.06 bits per heavy atom. The predicted octanol–water partition coefficient (Wildman–Crippen LogP) is -1.52. The third-order valence-electron chi connectivity index (χ3n) is 2.30. The van der Waals surface area contributed by atoms with Crippen molar-refractivity contribution < 1.29 is 9.59 Å². The van der Waals surface area contributed by atoms with Crippen molar-refractivity contribution in [3.05, 3.63) is 23.9 Å². The first-order valence-corrected chi connectivity index (χ1v) is 5.49. The van der Waals surface area contributed by atoms with Crippen molar-refractivity contribution in [3.8, 4) is 0 Å². The normalized spacial score (nSPS) is 10.1. The van der Waals surface area contributed by atoms with Crippen molar-refractivity contribution >= 4 is 17.6 Å². The van der Waals surface area contributed by atoms with E-state index in [-0.39, 0.29) is 25.4 Å². The number of carbonyl (C=O) groups is 2. The maximum absolute atomic E-state index is 11.9. The van der Waals surface area contributed by atoms with Crippen molar-refractivity contribution in [2.24, 2.45) is 11.5 Å². The van der Waals surface area contributed by atoms with Crippen molar-refractivity contribution in [2.75, 3.05) is 25.4 Å². The van der Waals surface area contributed by atoms with Gasteiger partial charge >= 0.3 is 0 Å². The second-order valence-corrected chi connectivity index (χ2v) is 3.84. The highest BCUT2D eigenvalue weighted by molar-refractivity contribution is 5.85. The minimum atomic E-state index is -0.563. The molecule has 0 aromatic carbocycles. The monoisotopic (exact) mass is 251 g/mol. The van der Waals surface area contributed by atoms with Crippen LogP contribution in [0.2, 0.25) is 0 Å². The average Bonchev–Trinajstić information content (AvgIpc) is 2.31. The molecule has 6 N–H and O–H groups in total. The number of pyridine rings is 1. The molecule has 18 heavy (non-hydrogen) atoms. The van der Waals surface area contributed by atoms with Crippen LogP contribution in [0, 0.1) is 0 Å². The molecule has 0 aliphatic rings. The summed E-state index contributed by atoms with van der Waals surface area (Å²) < 4.78 is 0. The predicted molar refractivity (Wildman–Crippen MR) is 67.2 cm³/mol. The zero-order valence-electron chi connectivity index (χ0n) is 10.0. The summed E-state index contributed by atoms with van der Waals surface area (Å²) in [6, 6.07) is 3.33. The van der Waals surface area contributed by atoms with Crippen molar-refractivity contribution in [3.63, 3.8) is 0 Å². The molecule has 98 valence electrons. The Labute approximate surface area is 105 Å². The summed E-state index contributed by atoms with van der Waals surface area (Å²) in [7, 11) is 0. The van der Waals surface area contributed by atoms with Crippen LogP contribution >= 0.6 is 0 Å². The van der Waals surface area contributed by atoms with Gasteiger partial charge in [0, 0.05) is 19.3 Å². The Morgan fingerprint density at radius 3 is 2.56 bits per heavy atom. The number of hydrogen-bond acceptors (Lipinski definition) is 5. The van der Waals surface area contributed by atoms with E-state index in [1.807, 2.05) is 0 Å². The summed E-state index contributed by atoms with van der Waals surface area (Å²) in [5.74, 6) is -0.389. The first-order valence-electron chi connectivity index (χ1n) is 5.49. The fourth-order valence-corrected chi connectivity index (χ4v) is 1.46. The topological polar surface area (TPSA) is 128 Å². The number of hydrogen-bond donors (Lipinski definition) is 3. The van der Waals surface area contributed by atoms with Crippen LogP contribution in [-0.4, -0.2) is 41.3 Å². The van der Waals surface area contributed by atoms with Crippen LogP contribution < -0.4 is 17.2 Å². The lowest BCUT2D eigenvalue weighted by Gasteiger charge is -2.20. The third kappa shape index (κ3) is 4.38. The minimum Gasteiger partial charge on any atom is -0.384 e. The summed E-state index contributed by atoms with van der Waals surface area (Å²) >= 11 is 0. The van der Waals surface area contributed by atoms with Crippen LogP contribution in [0.4, 0.5) is 5.82 Å². The van der Waals surface area contributed by atoms with E-state index in [2.05, 4.69) is 4.98 Å². The molecule has 0 aliphatic carbocycles. The lowest BCUT2D eigenvalue weighted by molar-refractivity contribution is -0.134. The largest absolute Gasteiger partial charge is 0.384 e. The summed E-state index contributed by atoms with van der Waals surface area (Å²) in [4.78, 5) is 28.0. The van der Waals surface area contributed by atoms with Gasteiger partial charge in [0.1, 0.15) is 5.82 Å². The molecule has 0 atom stereocenters. The number of nitrogen functional groups attached to an aromatic ring is 1. The second-order valence-electron chi connectivity index (χ2n) is 3.84. The van der Waals surface area contributed by atoms with Gasteiger partial charge in [-0.15, -0.1) is 0 Å². The molecule has 7 nitrogen and oxygen atoms in total.